The van der Waals surface area contributed by atoms with Crippen molar-refractivity contribution in [2.24, 2.45) is 14.1 Å². The molecule has 3 rings (SSSR count). The first-order valence-corrected chi connectivity index (χ1v) is 10.4. The van der Waals surface area contributed by atoms with Crippen LogP contribution in [0.4, 0.5) is 5.69 Å². The molecule has 0 saturated heterocycles. The first kappa shape index (κ1) is 23.0. The number of rotatable bonds is 7. The lowest BCUT2D eigenvalue weighted by atomic mass is 9.97. The van der Waals surface area contributed by atoms with Gasteiger partial charge < -0.3 is 14.6 Å². The number of esters is 1. The molecule has 1 N–H and O–H groups in total. The lowest BCUT2D eigenvalue weighted by molar-refractivity contribution is -0.153. The number of imidazole rings is 1. The van der Waals surface area contributed by atoms with E-state index < -0.39 is 35.8 Å². The Morgan fingerprint density at radius 1 is 1.16 bits per heavy atom. The normalized spacial score (nSPS) is 13.0. The van der Waals surface area contributed by atoms with Crippen molar-refractivity contribution < 1.29 is 14.3 Å². The molecule has 1 aromatic carbocycles. The Bertz CT molecular complexity index is 1290. The molecular weight excluding hydrogens is 414 g/mol. The van der Waals surface area contributed by atoms with Crippen LogP contribution in [-0.2, 0) is 35.0 Å². The third kappa shape index (κ3) is 4.34. The van der Waals surface area contributed by atoms with Gasteiger partial charge in [0.2, 0.25) is 0 Å². The van der Waals surface area contributed by atoms with Crippen molar-refractivity contribution in [1.29, 1.82) is 0 Å². The number of nitrogens with one attached hydrogen (secondary N) is 1. The minimum absolute atomic E-state index is 0.187. The van der Waals surface area contributed by atoms with E-state index in [1.165, 1.54) is 29.4 Å². The Kier molecular flexibility index (Phi) is 6.61. The summed E-state index contributed by atoms with van der Waals surface area (Å²) in [5.74, 6) is -1.13. The fourth-order valence-corrected chi connectivity index (χ4v) is 3.45. The summed E-state index contributed by atoms with van der Waals surface area (Å²) in [6.07, 6.45) is 1.20. The molecule has 1 amide bonds. The number of anilines is 1. The molecule has 170 valence electrons. The number of benzene rings is 1. The molecule has 10 nitrogen and oxygen atoms in total. The summed E-state index contributed by atoms with van der Waals surface area (Å²) in [4.78, 5) is 54.3. The maximum atomic E-state index is 12.7. The first-order chi connectivity index (χ1) is 15.1. The van der Waals surface area contributed by atoms with Gasteiger partial charge in [-0.2, -0.15) is 0 Å². The van der Waals surface area contributed by atoms with Crippen LogP contribution in [0.2, 0.25) is 0 Å². The highest BCUT2D eigenvalue weighted by atomic mass is 16.5. The number of ether oxygens (including phenoxy) is 1. The number of hydrogen-bond donors (Lipinski definition) is 1. The van der Waals surface area contributed by atoms with E-state index in [1.807, 2.05) is 18.2 Å². The summed E-state index contributed by atoms with van der Waals surface area (Å²) in [5, 5.41) is 2.79. The van der Waals surface area contributed by atoms with Gasteiger partial charge in [0.25, 0.3) is 11.5 Å². The van der Waals surface area contributed by atoms with E-state index in [2.05, 4.69) is 24.1 Å². The zero-order valence-electron chi connectivity index (χ0n) is 18.8. The Labute approximate surface area is 184 Å². The number of amides is 1. The molecule has 0 aliphatic carbocycles. The van der Waals surface area contributed by atoms with Crippen molar-refractivity contribution in [2.75, 3.05) is 5.32 Å². The van der Waals surface area contributed by atoms with Gasteiger partial charge in [0.05, 0.1) is 6.33 Å². The van der Waals surface area contributed by atoms with Gasteiger partial charge in [0.1, 0.15) is 6.54 Å². The minimum atomic E-state index is -1.12. The van der Waals surface area contributed by atoms with Crippen molar-refractivity contribution in [3.63, 3.8) is 0 Å². The van der Waals surface area contributed by atoms with E-state index in [0.29, 0.717) is 5.69 Å². The van der Waals surface area contributed by atoms with E-state index >= 15 is 0 Å². The molecule has 0 aliphatic heterocycles. The minimum Gasteiger partial charge on any atom is -0.451 e. The van der Waals surface area contributed by atoms with Crippen molar-refractivity contribution >= 4 is 28.7 Å². The number of aromatic nitrogens is 4. The number of para-hydroxylation sites is 1. The highest BCUT2D eigenvalue weighted by molar-refractivity contribution is 5.95. The first-order valence-electron chi connectivity index (χ1n) is 10.4. The summed E-state index contributed by atoms with van der Waals surface area (Å²) in [6, 6.07) is 7.45. The van der Waals surface area contributed by atoms with Crippen molar-refractivity contribution in [3.05, 3.63) is 57.0 Å². The number of aryl methyl sites for hydroxylation is 2. The maximum absolute atomic E-state index is 12.7. The van der Waals surface area contributed by atoms with Crippen LogP contribution >= 0.6 is 0 Å². The monoisotopic (exact) mass is 441 g/mol. The number of nitrogens with zero attached hydrogens (tertiary/aromatic N) is 4. The van der Waals surface area contributed by atoms with Crippen molar-refractivity contribution in [1.82, 2.24) is 18.7 Å². The molecule has 0 bridgehead atoms. The van der Waals surface area contributed by atoms with Crippen molar-refractivity contribution in [2.45, 2.75) is 45.8 Å². The van der Waals surface area contributed by atoms with Crippen LogP contribution in [0.1, 0.15) is 38.7 Å². The lowest BCUT2D eigenvalue weighted by Crippen LogP contribution is -2.42. The van der Waals surface area contributed by atoms with Crippen LogP contribution in [0, 0.1) is 0 Å². The molecule has 2 heterocycles. The average Bonchev–Trinajstić information content (AvgIpc) is 3.16. The fraction of sp³-hybridized carbons (Fsp3) is 0.409. The summed E-state index contributed by atoms with van der Waals surface area (Å²) in [7, 11) is 3.08. The second-order valence-corrected chi connectivity index (χ2v) is 7.78. The van der Waals surface area contributed by atoms with Crippen LogP contribution in [-0.4, -0.2) is 36.7 Å². The van der Waals surface area contributed by atoms with E-state index in [9.17, 15) is 19.2 Å². The molecule has 10 heteroatoms. The van der Waals surface area contributed by atoms with Crippen molar-refractivity contribution in [3.8, 4) is 0 Å². The molecule has 3 aromatic rings. The predicted octanol–water partition coefficient (Wildman–Crippen LogP) is 1.52. The van der Waals surface area contributed by atoms with E-state index in [-0.39, 0.29) is 17.1 Å². The number of hydrogen-bond acceptors (Lipinski definition) is 6. The molecule has 32 heavy (non-hydrogen) atoms. The summed E-state index contributed by atoms with van der Waals surface area (Å²) >= 11 is 0. The molecular formula is C22H27N5O5. The smallest absolute Gasteiger partial charge is 0.333 e. The largest absolute Gasteiger partial charge is 0.451 e. The lowest BCUT2D eigenvalue weighted by Gasteiger charge is -2.18. The summed E-state index contributed by atoms with van der Waals surface area (Å²) in [5.41, 5.74) is 0.701. The number of carbonyl (C=O) groups excluding carboxylic acids is 2. The number of fused-ring (bicyclic) bond motifs is 1. The van der Waals surface area contributed by atoms with Crippen LogP contribution in [0.25, 0.3) is 11.2 Å². The molecule has 2 atom stereocenters. The van der Waals surface area contributed by atoms with Gasteiger partial charge in [-0.15, -0.1) is 0 Å². The Balaban J connectivity index is 1.75. The quantitative estimate of drug-likeness (QED) is 0.556. The fourth-order valence-electron chi connectivity index (χ4n) is 3.45. The van der Waals surface area contributed by atoms with Gasteiger partial charge in [-0.3, -0.25) is 19.0 Å². The third-order valence-corrected chi connectivity index (χ3v) is 5.53. The molecule has 0 spiro atoms. The third-order valence-electron chi connectivity index (χ3n) is 5.53. The van der Waals surface area contributed by atoms with Gasteiger partial charge in [-0.05, 0) is 30.9 Å². The predicted molar refractivity (Wildman–Crippen MR) is 120 cm³/mol. The molecule has 0 radical (unpaired) electrons. The SMILES string of the molecule is CCC(C)c1ccccc1NC(=O)C(C)OC(=O)Cn1c(=O)c2c(ncn2C)n(C)c1=O. The van der Waals surface area contributed by atoms with Crippen LogP contribution < -0.4 is 16.6 Å². The average molecular weight is 441 g/mol. The van der Waals surface area contributed by atoms with Crippen LogP contribution in [0.15, 0.2) is 40.2 Å². The second-order valence-electron chi connectivity index (χ2n) is 7.78. The maximum Gasteiger partial charge on any atom is 0.333 e. The molecule has 2 unspecified atom stereocenters. The molecule has 0 fully saturated rings. The summed E-state index contributed by atoms with van der Waals surface area (Å²) in [6.45, 7) is 4.94. The molecule has 2 aromatic heterocycles. The van der Waals surface area contributed by atoms with E-state index in [4.69, 9.17) is 4.74 Å². The zero-order valence-corrected chi connectivity index (χ0v) is 18.8. The van der Waals surface area contributed by atoms with Crippen LogP contribution in [0.5, 0.6) is 0 Å². The van der Waals surface area contributed by atoms with Gasteiger partial charge in [-0.1, -0.05) is 32.0 Å². The standard InChI is InChI=1S/C22H27N5O5/c1-6-13(2)15-9-7-8-10-16(15)24-20(29)14(3)32-17(28)11-27-21(30)18-19(23-12-25(18)4)26(5)22(27)31/h7-10,12-14H,6,11H2,1-5H3,(H,24,29). The highest BCUT2D eigenvalue weighted by Gasteiger charge is 2.22. The number of carbonyl (C=O) groups is 2. The molecule has 0 saturated carbocycles. The van der Waals surface area contributed by atoms with E-state index in [0.717, 1.165) is 16.6 Å². The Morgan fingerprint density at radius 2 is 1.84 bits per heavy atom. The Morgan fingerprint density at radius 3 is 2.53 bits per heavy atom. The van der Waals surface area contributed by atoms with E-state index in [1.54, 1.807) is 13.1 Å². The van der Waals surface area contributed by atoms with Gasteiger partial charge in [-0.25, -0.2) is 14.3 Å². The Hall–Kier alpha value is -3.69. The topological polar surface area (TPSA) is 117 Å². The van der Waals surface area contributed by atoms with Gasteiger partial charge in [0, 0.05) is 19.8 Å². The van der Waals surface area contributed by atoms with Gasteiger partial charge >= 0.3 is 11.7 Å². The second kappa shape index (κ2) is 9.21. The van der Waals surface area contributed by atoms with Gasteiger partial charge in [0.15, 0.2) is 17.3 Å². The van der Waals surface area contributed by atoms with Crippen LogP contribution in [0.3, 0.4) is 0 Å². The molecule has 0 aliphatic rings. The summed E-state index contributed by atoms with van der Waals surface area (Å²) < 4.78 is 8.64. The highest BCUT2D eigenvalue weighted by Crippen LogP contribution is 2.26. The zero-order chi connectivity index (χ0) is 23.6.